The molecule has 0 bridgehead atoms. The van der Waals surface area contributed by atoms with Crippen LogP contribution in [0.4, 0.5) is 0 Å². The molecule has 0 amide bonds. The van der Waals surface area contributed by atoms with E-state index in [9.17, 15) is 0 Å². The molecule has 0 saturated heterocycles. The van der Waals surface area contributed by atoms with Crippen LogP contribution < -0.4 is 5.32 Å². The van der Waals surface area contributed by atoms with Crippen LogP contribution in [0.2, 0.25) is 0 Å². The van der Waals surface area contributed by atoms with Crippen molar-refractivity contribution in [2.75, 3.05) is 40.0 Å². The molecule has 1 atom stereocenters. The second kappa shape index (κ2) is 11.0. The lowest BCUT2D eigenvalue weighted by Gasteiger charge is -2.19. The molecule has 0 aliphatic carbocycles. The van der Waals surface area contributed by atoms with E-state index in [-0.39, 0.29) is 12.2 Å². The number of nitrogens with one attached hydrogen (secondary N) is 1. The fourth-order valence-corrected chi connectivity index (χ4v) is 1.38. The Morgan fingerprint density at radius 1 is 0.941 bits per heavy atom. The first-order valence-corrected chi connectivity index (χ1v) is 6.49. The minimum atomic E-state index is 0.106. The van der Waals surface area contributed by atoms with Gasteiger partial charge in [0.1, 0.15) is 0 Å². The van der Waals surface area contributed by atoms with E-state index in [1.54, 1.807) is 7.11 Å². The molecule has 0 aromatic heterocycles. The maximum absolute atomic E-state index is 5.70. The number of hydrogen-bond donors (Lipinski definition) is 1. The number of hydrogen-bond acceptors (Lipinski definition) is 4. The highest BCUT2D eigenvalue weighted by Gasteiger charge is 2.08. The quantitative estimate of drug-likeness (QED) is 0.564. The summed E-state index contributed by atoms with van der Waals surface area (Å²) in [7, 11) is 1.70. The summed E-state index contributed by atoms with van der Waals surface area (Å²) in [6.45, 7) is 12.1. The third-order valence-corrected chi connectivity index (χ3v) is 2.17. The molecule has 0 aliphatic rings. The molecule has 0 heterocycles. The van der Waals surface area contributed by atoms with Crippen molar-refractivity contribution in [2.24, 2.45) is 5.92 Å². The van der Waals surface area contributed by atoms with Crippen molar-refractivity contribution in [3.8, 4) is 0 Å². The van der Waals surface area contributed by atoms with Crippen LogP contribution in [0.15, 0.2) is 0 Å². The summed E-state index contributed by atoms with van der Waals surface area (Å²) >= 11 is 0. The van der Waals surface area contributed by atoms with E-state index >= 15 is 0 Å². The predicted molar refractivity (Wildman–Crippen MR) is 70.4 cm³/mol. The van der Waals surface area contributed by atoms with Gasteiger partial charge in [-0.3, -0.25) is 0 Å². The Labute approximate surface area is 106 Å². The summed E-state index contributed by atoms with van der Waals surface area (Å²) < 4.78 is 16.3. The van der Waals surface area contributed by atoms with Crippen LogP contribution in [-0.2, 0) is 14.2 Å². The summed E-state index contributed by atoms with van der Waals surface area (Å²) in [5, 5.41) is 3.37. The van der Waals surface area contributed by atoms with Gasteiger partial charge in [0.25, 0.3) is 0 Å². The minimum absolute atomic E-state index is 0.106. The Bertz CT molecular complexity index is 163. The lowest BCUT2D eigenvalue weighted by atomic mass is 10.2. The second-order valence-electron chi connectivity index (χ2n) is 4.92. The van der Waals surface area contributed by atoms with Crippen molar-refractivity contribution >= 4 is 0 Å². The van der Waals surface area contributed by atoms with Crippen molar-refractivity contribution in [1.82, 2.24) is 5.32 Å². The zero-order chi connectivity index (χ0) is 13.1. The van der Waals surface area contributed by atoms with Crippen molar-refractivity contribution < 1.29 is 14.2 Å². The van der Waals surface area contributed by atoms with Crippen LogP contribution >= 0.6 is 0 Å². The summed E-state index contributed by atoms with van der Waals surface area (Å²) in [6, 6.07) is 0. The fourth-order valence-electron chi connectivity index (χ4n) is 1.38. The zero-order valence-electron chi connectivity index (χ0n) is 12.0. The molecule has 4 heteroatoms. The maximum atomic E-state index is 5.70. The predicted octanol–water partition coefficient (Wildman–Crippen LogP) is 1.69. The van der Waals surface area contributed by atoms with Gasteiger partial charge in [-0.25, -0.2) is 0 Å². The summed E-state index contributed by atoms with van der Waals surface area (Å²) in [5.74, 6) is 0.655. The van der Waals surface area contributed by atoms with Crippen molar-refractivity contribution in [3.63, 3.8) is 0 Å². The van der Waals surface area contributed by atoms with Gasteiger partial charge in [0.15, 0.2) is 0 Å². The highest BCUT2D eigenvalue weighted by Crippen LogP contribution is 1.95. The molecule has 1 unspecified atom stereocenters. The average Bonchev–Trinajstić information content (AvgIpc) is 2.23. The van der Waals surface area contributed by atoms with Crippen LogP contribution in [0.1, 0.15) is 27.7 Å². The molecule has 0 aliphatic heterocycles. The molecule has 0 aromatic carbocycles. The molecule has 0 fully saturated rings. The second-order valence-corrected chi connectivity index (χ2v) is 4.92. The zero-order valence-corrected chi connectivity index (χ0v) is 12.0. The van der Waals surface area contributed by atoms with Gasteiger partial charge in [0.2, 0.25) is 0 Å². The van der Waals surface area contributed by atoms with E-state index in [1.807, 2.05) is 13.8 Å². The van der Waals surface area contributed by atoms with Crippen LogP contribution in [0, 0.1) is 5.92 Å². The van der Waals surface area contributed by atoms with Gasteiger partial charge in [0.05, 0.1) is 32.0 Å². The van der Waals surface area contributed by atoms with Crippen LogP contribution in [-0.4, -0.2) is 52.2 Å². The molecule has 0 spiro atoms. The van der Waals surface area contributed by atoms with E-state index in [4.69, 9.17) is 14.2 Å². The monoisotopic (exact) mass is 247 g/mol. The topological polar surface area (TPSA) is 39.7 Å². The SMILES string of the molecule is COCC(CNCC(C)C)OCCOC(C)C. The Morgan fingerprint density at radius 3 is 2.12 bits per heavy atom. The number of methoxy groups -OCH3 is 1. The smallest absolute Gasteiger partial charge is 0.0933 e. The fraction of sp³-hybridized carbons (Fsp3) is 1.00. The van der Waals surface area contributed by atoms with Gasteiger partial charge in [0, 0.05) is 13.7 Å². The van der Waals surface area contributed by atoms with Crippen LogP contribution in [0.3, 0.4) is 0 Å². The molecular weight excluding hydrogens is 218 g/mol. The van der Waals surface area contributed by atoms with Gasteiger partial charge in [-0.1, -0.05) is 13.8 Å². The Balaban J connectivity index is 3.59. The maximum Gasteiger partial charge on any atom is 0.0933 e. The molecule has 0 rings (SSSR count). The molecular formula is C13H29NO3. The molecule has 0 aromatic rings. The van der Waals surface area contributed by atoms with Gasteiger partial charge in [-0.2, -0.15) is 0 Å². The first-order valence-electron chi connectivity index (χ1n) is 6.49. The number of rotatable bonds is 11. The molecule has 17 heavy (non-hydrogen) atoms. The van der Waals surface area contributed by atoms with Gasteiger partial charge < -0.3 is 19.5 Å². The molecule has 0 radical (unpaired) electrons. The molecule has 104 valence electrons. The van der Waals surface area contributed by atoms with Crippen LogP contribution in [0.25, 0.3) is 0 Å². The first kappa shape index (κ1) is 16.8. The third-order valence-electron chi connectivity index (χ3n) is 2.17. The Hall–Kier alpha value is -0.160. The first-order chi connectivity index (χ1) is 8.06. The van der Waals surface area contributed by atoms with E-state index in [1.165, 1.54) is 0 Å². The van der Waals surface area contributed by atoms with E-state index in [0.717, 1.165) is 13.1 Å². The Morgan fingerprint density at radius 2 is 1.59 bits per heavy atom. The average molecular weight is 247 g/mol. The lowest BCUT2D eigenvalue weighted by molar-refractivity contribution is -0.0374. The van der Waals surface area contributed by atoms with Crippen molar-refractivity contribution in [1.29, 1.82) is 0 Å². The lowest BCUT2D eigenvalue weighted by Crippen LogP contribution is -2.35. The van der Waals surface area contributed by atoms with Crippen molar-refractivity contribution in [3.05, 3.63) is 0 Å². The van der Waals surface area contributed by atoms with Gasteiger partial charge in [-0.05, 0) is 26.3 Å². The van der Waals surface area contributed by atoms with Crippen molar-refractivity contribution in [2.45, 2.75) is 39.9 Å². The minimum Gasteiger partial charge on any atom is -0.382 e. The number of ether oxygens (including phenoxy) is 3. The summed E-state index contributed by atoms with van der Waals surface area (Å²) in [6.07, 6.45) is 0.369. The van der Waals surface area contributed by atoms with Gasteiger partial charge in [-0.15, -0.1) is 0 Å². The van der Waals surface area contributed by atoms with E-state index in [2.05, 4.69) is 19.2 Å². The highest BCUT2D eigenvalue weighted by atomic mass is 16.5. The molecule has 0 saturated carbocycles. The normalized spacial score (nSPS) is 13.6. The Kier molecular flexibility index (Phi) is 10.9. The third kappa shape index (κ3) is 12.1. The largest absolute Gasteiger partial charge is 0.382 e. The van der Waals surface area contributed by atoms with E-state index in [0.29, 0.717) is 25.7 Å². The van der Waals surface area contributed by atoms with Gasteiger partial charge >= 0.3 is 0 Å². The summed E-state index contributed by atoms with van der Waals surface area (Å²) in [4.78, 5) is 0. The summed E-state index contributed by atoms with van der Waals surface area (Å²) in [5.41, 5.74) is 0. The highest BCUT2D eigenvalue weighted by molar-refractivity contribution is 4.62. The van der Waals surface area contributed by atoms with E-state index < -0.39 is 0 Å². The molecule has 1 N–H and O–H groups in total. The molecule has 4 nitrogen and oxygen atoms in total. The van der Waals surface area contributed by atoms with Crippen LogP contribution in [0.5, 0.6) is 0 Å². The standard InChI is InChI=1S/C13H29NO3/c1-11(2)8-14-9-13(10-15-5)17-7-6-16-12(3)4/h11-14H,6-10H2,1-5H3.